The molecule has 0 atom stereocenters. The Bertz CT molecular complexity index is 1130. The molecule has 1 heterocycles. The Morgan fingerprint density at radius 3 is 2.25 bits per heavy atom. The molecule has 0 radical (unpaired) electrons. The Labute approximate surface area is 155 Å². The van der Waals surface area contributed by atoms with E-state index in [1.165, 1.54) is 31.2 Å². The lowest BCUT2D eigenvalue weighted by Crippen LogP contribution is -2.15. The van der Waals surface area contributed by atoms with E-state index in [0.717, 1.165) is 6.07 Å². The molecule has 0 spiro atoms. The zero-order valence-corrected chi connectivity index (χ0v) is 14.7. The number of aromatic nitrogens is 2. The third kappa shape index (κ3) is 3.96. The molecule has 0 bridgehead atoms. The summed E-state index contributed by atoms with van der Waals surface area (Å²) in [6.07, 6.45) is -4.79. The fraction of sp³-hybridized carbons (Fsp3) is 0.125. The lowest BCUT2D eigenvalue weighted by atomic mass is 10.2. The highest BCUT2D eigenvalue weighted by molar-refractivity contribution is 7.92. The number of benzene rings is 2. The van der Waals surface area contributed by atoms with Crippen molar-refractivity contribution in [2.75, 3.05) is 4.72 Å². The number of anilines is 1. The molecule has 3 rings (SSSR count). The SMILES string of the molecule is Cc1cc(S(=O)(=O)Nc2ccc(-c3noc(C(F)(F)F)n3)cc2)c(F)cc1F. The maximum atomic E-state index is 13.8. The van der Waals surface area contributed by atoms with E-state index in [-0.39, 0.29) is 22.6 Å². The van der Waals surface area contributed by atoms with Crippen LogP contribution in [0.5, 0.6) is 0 Å². The number of hydrogen-bond donors (Lipinski definition) is 1. The predicted molar refractivity (Wildman–Crippen MR) is 86.6 cm³/mol. The van der Waals surface area contributed by atoms with Gasteiger partial charge in [0.2, 0.25) is 5.82 Å². The number of hydrogen-bond acceptors (Lipinski definition) is 5. The van der Waals surface area contributed by atoms with E-state index in [4.69, 9.17) is 0 Å². The van der Waals surface area contributed by atoms with Crippen molar-refractivity contribution >= 4 is 15.7 Å². The highest BCUT2D eigenvalue weighted by Crippen LogP contribution is 2.30. The summed E-state index contributed by atoms with van der Waals surface area (Å²) in [6, 6.07) is 6.22. The normalized spacial score (nSPS) is 12.2. The fourth-order valence-corrected chi connectivity index (χ4v) is 3.39. The first kappa shape index (κ1) is 19.7. The Hall–Kier alpha value is -3.02. The largest absolute Gasteiger partial charge is 0.471 e. The topological polar surface area (TPSA) is 85.1 Å². The van der Waals surface area contributed by atoms with E-state index >= 15 is 0 Å². The van der Waals surface area contributed by atoms with Crippen LogP contribution in [0.4, 0.5) is 27.6 Å². The number of alkyl halides is 3. The summed E-state index contributed by atoms with van der Waals surface area (Å²) in [5, 5.41) is 3.20. The molecule has 0 fully saturated rings. The number of nitrogens with one attached hydrogen (secondary N) is 1. The molecule has 28 heavy (non-hydrogen) atoms. The average molecular weight is 419 g/mol. The molecular weight excluding hydrogens is 409 g/mol. The molecule has 6 nitrogen and oxygen atoms in total. The van der Waals surface area contributed by atoms with Crippen molar-refractivity contribution in [3.63, 3.8) is 0 Å². The minimum atomic E-state index is -4.79. The maximum Gasteiger partial charge on any atom is 0.471 e. The number of nitrogens with zero attached hydrogens (tertiary/aromatic N) is 2. The number of aryl methyl sites for hydroxylation is 1. The molecule has 0 amide bonds. The minimum absolute atomic E-state index is 0.00957. The van der Waals surface area contributed by atoms with Crippen molar-refractivity contribution in [1.29, 1.82) is 0 Å². The van der Waals surface area contributed by atoms with Gasteiger partial charge in [0, 0.05) is 17.3 Å². The Morgan fingerprint density at radius 1 is 1.04 bits per heavy atom. The van der Waals surface area contributed by atoms with Crippen molar-refractivity contribution in [3.05, 3.63) is 59.5 Å². The second kappa shape index (κ2) is 6.86. The second-order valence-electron chi connectivity index (χ2n) is 5.64. The van der Waals surface area contributed by atoms with E-state index in [0.29, 0.717) is 6.07 Å². The van der Waals surface area contributed by atoms with E-state index in [1.54, 1.807) is 0 Å². The summed E-state index contributed by atoms with van der Waals surface area (Å²) in [4.78, 5) is 2.46. The monoisotopic (exact) mass is 419 g/mol. The molecule has 1 N–H and O–H groups in total. The summed E-state index contributed by atoms with van der Waals surface area (Å²) in [6.45, 7) is 1.28. The Morgan fingerprint density at radius 2 is 1.68 bits per heavy atom. The maximum absolute atomic E-state index is 13.8. The quantitative estimate of drug-likeness (QED) is 0.643. The molecular formula is C16H10F5N3O3S. The predicted octanol–water partition coefficient (Wildman–Crippen LogP) is 4.14. The highest BCUT2D eigenvalue weighted by Gasteiger charge is 2.38. The van der Waals surface area contributed by atoms with Crippen LogP contribution in [0.15, 0.2) is 45.8 Å². The molecule has 12 heteroatoms. The fourth-order valence-electron chi connectivity index (χ4n) is 2.19. The summed E-state index contributed by atoms with van der Waals surface area (Å²) in [7, 11) is -4.37. The third-order valence-electron chi connectivity index (χ3n) is 3.57. The van der Waals surface area contributed by atoms with E-state index < -0.39 is 38.6 Å². The average Bonchev–Trinajstić information content (AvgIpc) is 3.09. The van der Waals surface area contributed by atoms with E-state index in [1.807, 2.05) is 0 Å². The summed E-state index contributed by atoms with van der Waals surface area (Å²) in [5.74, 6) is -4.02. The van der Waals surface area contributed by atoms with Crippen LogP contribution >= 0.6 is 0 Å². The number of sulfonamides is 1. The van der Waals surface area contributed by atoms with Gasteiger partial charge in [-0.3, -0.25) is 4.72 Å². The van der Waals surface area contributed by atoms with Crippen LogP contribution in [-0.4, -0.2) is 18.6 Å². The first-order valence-corrected chi connectivity index (χ1v) is 8.95. The van der Waals surface area contributed by atoms with Crippen LogP contribution in [0.1, 0.15) is 11.5 Å². The molecule has 0 aliphatic heterocycles. The molecule has 148 valence electrons. The van der Waals surface area contributed by atoms with Crippen LogP contribution in [0, 0.1) is 18.6 Å². The zero-order chi connectivity index (χ0) is 20.7. The third-order valence-corrected chi connectivity index (χ3v) is 4.96. The van der Waals surface area contributed by atoms with Gasteiger partial charge in [0.05, 0.1) is 0 Å². The number of halogens is 5. The first-order chi connectivity index (χ1) is 13.0. The molecule has 0 unspecified atom stereocenters. The molecule has 0 aliphatic rings. The molecule has 1 aromatic heterocycles. The summed E-state index contributed by atoms with van der Waals surface area (Å²) >= 11 is 0. The van der Waals surface area contributed by atoms with E-state index in [9.17, 15) is 30.4 Å². The summed E-state index contributed by atoms with van der Waals surface area (Å²) < 4.78 is 95.5. The smallest absolute Gasteiger partial charge is 0.329 e. The van der Waals surface area contributed by atoms with Crippen molar-refractivity contribution < 1.29 is 34.9 Å². The zero-order valence-electron chi connectivity index (χ0n) is 13.9. The number of rotatable bonds is 4. The standard InChI is InChI=1S/C16H10F5N3O3S/c1-8-6-13(12(18)7-11(8)17)28(25,26)24-10-4-2-9(3-5-10)14-22-15(27-23-14)16(19,20)21/h2-7,24H,1H3. The van der Waals surface area contributed by atoms with Gasteiger partial charge in [0.25, 0.3) is 10.0 Å². The summed E-state index contributed by atoms with van der Waals surface area (Å²) in [5.41, 5.74) is 0.0605. The van der Waals surface area contributed by atoms with Crippen molar-refractivity contribution in [2.24, 2.45) is 0 Å². The lowest BCUT2D eigenvalue weighted by Gasteiger charge is -2.10. The molecule has 0 saturated heterocycles. The molecule has 2 aromatic carbocycles. The van der Waals surface area contributed by atoms with Gasteiger partial charge in [-0.1, -0.05) is 5.16 Å². The van der Waals surface area contributed by atoms with Gasteiger partial charge >= 0.3 is 12.1 Å². The van der Waals surface area contributed by atoms with Crippen LogP contribution < -0.4 is 4.72 Å². The van der Waals surface area contributed by atoms with E-state index in [2.05, 4.69) is 19.4 Å². The van der Waals surface area contributed by atoms with Gasteiger partial charge in [0.1, 0.15) is 16.5 Å². The van der Waals surface area contributed by atoms with Crippen molar-refractivity contribution in [2.45, 2.75) is 18.0 Å². The van der Waals surface area contributed by atoms with Crippen molar-refractivity contribution in [1.82, 2.24) is 10.1 Å². The second-order valence-corrected chi connectivity index (χ2v) is 7.29. The first-order valence-electron chi connectivity index (χ1n) is 7.47. The van der Waals surface area contributed by atoms with Gasteiger partial charge in [0.15, 0.2) is 0 Å². The van der Waals surface area contributed by atoms with Crippen LogP contribution in [-0.2, 0) is 16.2 Å². The van der Waals surface area contributed by atoms with Gasteiger partial charge in [-0.05, 0) is 42.8 Å². The van der Waals surface area contributed by atoms with Crippen LogP contribution in [0.3, 0.4) is 0 Å². The molecule has 0 saturated carbocycles. The van der Waals surface area contributed by atoms with Gasteiger partial charge in [-0.25, -0.2) is 17.2 Å². The minimum Gasteiger partial charge on any atom is -0.329 e. The lowest BCUT2D eigenvalue weighted by molar-refractivity contribution is -0.159. The molecule has 0 aliphatic carbocycles. The molecule has 3 aromatic rings. The highest BCUT2D eigenvalue weighted by atomic mass is 32.2. The van der Waals surface area contributed by atoms with Gasteiger partial charge in [-0.2, -0.15) is 18.2 Å². The van der Waals surface area contributed by atoms with Crippen molar-refractivity contribution in [3.8, 4) is 11.4 Å². The van der Waals surface area contributed by atoms with Gasteiger partial charge in [-0.15, -0.1) is 0 Å². The van der Waals surface area contributed by atoms with Crippen LogP contribution in [0.25, 0.3) is 11.4 Å². The Balaban J connectivity index is 1.84. The van der Waals surface area contributed by atoms with Gasteiger partial charge < -0.3 is 4.52 Å². The van der Waals surface area contributed by atoms with Crippen LogP contribution in [0.2, 0.25) is 0 Å². The Kier molecular flexibility index (Phi) is 4.83.